The minimum absolute atomic E-state index is 0.101. The number of rotatable bonds is 3. The summed E-state index contributed by atoms with van der Waals surface area (Å²) in [4.78, 5) is 16.1. The number of carbonyl (C=O) groups is 1. The Kier molecular flexibility index (Phi) is 3.90. The van der Waals surface area contributed by atoms with Crippen molar-refractivity contribution < 1.29 is 9.00 Å². The monoisotopic (exact) mass is 399 g/mol. The van der Waals surface area contributed by atoms with Crippen LogP contribution in [0.1, 0.15) is 17.5 Å². The number of benzene rings is 3. The van der Waals surface area contributed by atoms with Gasteiger partial charge in [0.1, 0.15) is 4.75 Å². The topological polar surface area (TPSA) is 37.4 Å². The molecule has 1 fully saturated rings. The molecule has 144 valence electrons. The molecule has 1 saturated carbocycles. The van der Waals surface area contributed by atoms with Crippen molar-refractivity contribution in [3.63, 3.8) is 0 Å². The first kappa shape index (κ1) is 18.1. The van der Waals surface area contributed by atoms with Gasteiger partial charge in [-0.1, -0.05) is 79.4 Å². The molecule has 0 aromatic heterocycles. The van der Waals surface area contributed by atoms with Gasteiger partial charge in [0.05, 0.1) is 21.4 Å². The summed E-state index contributed by atoms with van der Waals surface area (Å²) < 4.78 is 12.9. The van der Waals surface area contributed by atoms with E-state index < -0.39 is 21.0 Å². The number of amides is 1. The van der Waals surface area contributed by atoms with Crippen molar-refractivity contribution in [2.24, 2.45) is 0 Å². The van der Waals surface area contributed by atoms with E-state index in [1.165, 1.54) is 0 Å². The van der Waals surface area contributed by atoms with Crippen molar-refractivity contribution >= 4 is 28.0 Å². The van der Waals surface area contributed by atoms with Crippen LogP contribution in [0.2, 0.25) is 0 Å². The molecular formula is C25H21NO2S. The molecule has 0 bridgehead atoms. The molecule has 3 aromatic carbocycles. The highest BCUT2D eigenvalue weighted by atomic mass is 32.2. The van der Waals surface area contributed by atoms with Crippen molar-refractivity contribution in [3.8, 4) is 0 Å². The number of para-hydroxylation sites is 1. The summed E-state index contributed by atoms with van der Waals surface area (Å²) in [5, 5.41) is 0. The first-order valence-electron chi connectivity index (χ1n) is 9.63. The summed E-state index contributed by atoms with van der Waals surface area (Å²) in [6.45, 7) is 4.43. The summed E-state index contributed by atoms with van der Waals surface area (Å²) in [5.41, 5.74) is 2.83. The lowest BCUT2D eigenvalue weighted by molar-refractivity contribution is -0.119. The molecule has 0 N–H and O–H groups in total. The highest BCUT2D eigenvalue weighted by Crippen LogP contribution is 2.70. The Hall–Kier alpha value is -2.98. The van der Waals surface area contributed by atoms with Crippen LogP contribution in [0.5, 0.6) is 0 Å². The quantitative estimate of drug-likeness (QED) is 0.647. The van der Waals surface area contributed by atoms with E-state index in [1.54, 1.807) is 11.9 Å². The maximum atomic E-state index is 13.9. The van der Waals surface area contributed by atoms with Crippen molar-refractivity contribution in [1.29, 1.82) is 0 Å². The van der Waals surface area contributed by atoms with Gasteiger partial charge in [0.15, 0.2) is 0 Å². The SMILES string of the molecule is C=C(c1ccccc1)[C@]1(c2ccccc2)C[C@@]12C(=O)N(C)c1ccccc1[S@@]2=O. The maximum Gasteiger partial charge on any atom is 0.247 e. The van der Waals surface area contributed by atoms with Gasteiger partial charge in [0.2, 0.25) is 5.91 Å². The number of hydrogen-bond acceptors (Lipinski definition) is 2. The highest BCUT2D eigenvalue weighted by Gasteiger charge is 2.79. The molecule has 0 saturated heterocycles. The summed E-state index contributed by atoms with van der Waals surface area (Å²) >= 11 is 0. The van der Waals surface area contributed by atoms with Crippen LogP contribution in [0.4, 0.5) is 5.69 Å². The van der Waals surface area contributed by atoms with Crippen LogP contribution >= 0.6 is 0 Å². The lowest BCUT2D eigenvalue weighted by Crippen LogP contribution is -2.49. The fraction of sp³-hybridized carbons (Fsp3) is 0.160. The Morgan fingerprint density at radius 1 is 0.931 bits per heavy atom. The van der Waals surface area contributed by atoms with Crippen LogP contribution in [0.25, 0.3) is 5.57 Å². The van der Waals surface area contributed by atoms with Crippen LogP contribution in [0.3, 0.4) is 0 Å². The van der Waals surface area contributed by atoms with E-state index in [0.29, 0.717) is 11.3 Å². The summed E-state index contributed by atoms with van der Waals surface area (Å²) in [5.74, 6) is -0.101. The van der Waals surface area contributed by atoms with E-state index in [4.69, 9.17) is 0 Å². The lowest BCUT2D eigenvalue weighted by Gasteiger charge is -2.35. The van der Waals surface area contributed by atoms with Crippen LogP contribution in [-0.4, -0.2) is 21.9 Å². The number of allylic oxidation sites excluding steroid dienone is 1. The average Bonchev–Trinajstić information content (AvgIpc) is 3.49. The zero-order chi connectivity index (χ0) is 20.2. The normalized spacial score (nSPS) is 27.6. The Bertz CT molecular complexity index is 1160. The first-order chi connectivity index (χ1) is 14.0. The lowest BCUT2D eigenvalue weighted by atomic mass is 9.82. The van der Waals surface area contributed by atoms with Crippen LogP contribution < -0.4 is 4.90 Å². The van der Waals surface area contributed by atoms with Gasteiger partial charge >= 0.3 is 0 Å². The standard InChI is InChI=1S/C25H21NO2S/c1-18(19-11-5-3-6-12-19)24(20-13-7-4-8-14-20)17-25(24)23(27)26(2)21-15-9-10-16-22(21)29(25)28/h3-16H,1,17H2,2H3/t24-,25+,29-/m0/s1. The molecule has 3 nitrogen and oxygen atoms in total. The number of carbonyl (C=O) groups excluding carboxylic acids is 1. The molecule has 0 unspecified atom stereocenters. The molecule has 3 aromatic rings. The summed E-state index contributed by atoms with van der Waals surface area (Å²) in [6, 6.07) is 27.3. The molecule has 3 atom stereocenters. The molecule has 1 heterocycles. The summed E-state index contributed by atoms with van der Waals surface area (Å²) in [6.07, 6.45) is 0.488. The largest absolute Gasteiger partial charge is 0.313 e. The molecule has 1 amide bonds. The minimum Gasteiger partial charge on any atom is -0.313 e. The third-order valence-corrected chi connectivity index (χ3v) is 8.42. The van der Waals surface area contributed by atoms with Gasteiger partial charge in [-0.15, -0.1) is 0 Å². The molecule has 0 radical (unpaired) electrons. The van der Waals surface area contributed by atoms with E-state index in [9.17, 15) is 9.00 Å². The van der Waals surface area contributed by atoms with Crippen molar-refractivity contribution in [1.82, 2.24) is 0 Å². The fourth-order valence-corrected chi connectivity index (χ4v) is 6.99. The molecule has 1 aliphatic heterocycles. The van der Waals surface area contributed by atoms with Crippen LogP contribution in [0.15, 0.2) is 96.4 Å². The zero-order valence-electron chi connectivity index (χ0n) is 16.2. The van der Waals surface area contributed by atoms with Gasteiger partial charge in [-0.05, 0) is 35.3 Å². The van der Waals surface area contributed by atoms with E-state index in [0.717, 1.165) is 22.4 Å². The van der Waals surface area contributed by atoms with Gasteiger partial charge in [0, 0.05) is 12.5 Å². The van der Waals surface area contributed by atoms with Gasteiger partial charge in [-0.3, -0.25) is 9.00 Å². The second kappa shape index (κ2) is 6.26. The third-order valence-electron chi connectivity index (χ3n) is 6.38. The number of nitrogens with zero attached hydrogens (tertiary/aromatic N) is 1. The molecule has 4 heteroatoms. The second-order valence-corrected chi connectivity index (χ2v) is 9.39. The van der Waals surface area contributed by atoms with Crippen molar-refractivity contribution in [2.45, 2.75) is 21.5 Å². The molecule has 29 heavy (non-hydrogen) atoms. The summed E-state index contributed by atoms with van der Waals surface area (Å²) in [7, 11) is 0.295. The second-order valence-electron chi connectivity index (χ2n) is 7.72. The minimum atomic E-state index is -1.48. The average molecular weight is 400 g/mol. The van der Waals surface area contributed by atoms with Crippen molar-refractivity contribution in [2.75, 3.05) is 11.9 Å². The number of hydrogen-bond donors (Lipinski definition) is 0. The Labute approximate surface area is 173 Å². The van der Waals surface area contributed by atoms with Gasteiger partial charge < -0.3 is 4.90 Å². The maximum absolute atomic E-state index is 13.9. The molecular weight excluding hydrogens is 378 g/mol. The van der Waals surface area contributed by atoms with Gasteiger partial charge in [-0.2, -0.15) is 0 Å². The Morgan fingerprint density at radius 3 is 2.21 bits per heavy atom. The third kappa shape index (κ3) is 2.24. The molecule has 1 spiro atoms. The van der Waals surface area contributed by atoms with Crippen molar-refractivity contribution in [3.05, 3.63) is 103 Å². The first-order valence-corrected chi connectivity index (χ1v) is 10.8. The number of fused-ring (bicyclic) bond motifs is 1. The molecule has 2 aliphatic rings. The smallest absolute Gasteiger partial charge is 0.247 e. The van der Waals surface area contributed by atoms with Crippen LogP contribution in [0, 0.1) is 0 Å². The predicted molar refractivity (Wildman–Crippen MR) is 117 cm³/mol. The van der Waals surface area contributed by atoms with Gasteiger partial charge in [0.25, 0.3) is 0 Å². The van der Waals surface area contributed by atoms with E-state index in [-0.39, 0.29) is 5.91 Å². The van der Waals surface area contributed by atoms with E-state index in [1.807, 2.05) is 84.9 Å². The highest BCUT2D eigenvalue weighted by molar-refractivity contribution is 7.88. The van der Waals surface area contributed by atoms with E-state index in [2.05, 4.69) is 6.58 Å². The molecule has 5 rings (SSSR count). The Morgan fingerprint density at radius 2 is 1.52 bits per heavy atom. The van der Waals surface area contributed by atoms with Gasteiger partial charge in [-0.25, -0.2) is 0 Å². The zero-order valence-corrected chi connectivity index (χ0v) is 17.0. The molecule has 1 aliphatic carbocycles. The van der Waals surface area contributed by atoms with E-state index >= 15 is 0 Å². The van der Waals surface area contributed by atoms with Crippen LogP contribution in [-0.2, 0) is 21.0 Å². The number of anilines is 1. The Balaban J connectivity index is 1.75. The fourth-order valence-electron chi connectivity index (χ4n) is 4.82. The predicted octanol–water partition coefficient (Wildman–Crippen LogP) is 4.56.